The highest BCUT2D eigenvalue weighted by Crippen LogP contribution is 2.42. The number of aliphatic hydroxyl groups is 2. The van der Waals surface area contributed by atoms with Crippen LogP contribution in [0.4, 0.5) is 0 Å². The van der Waals surface area contributed by atoms with Crippen molar-refractivity contribution in [2.75, 3.05) is 14.2 Å². The Labute approximate surface area is 184 Å². The van der Waals surface area contributed by atoms with Crippen LogP contribution in [0, 0.1) is 0 Å². The fraction of sp³-hybridized carbons (Fsp3) is 0.182. The van der Waals surface area contributed by atoms with E-state index < -0.39 is 5.60 Å². The Morgan fingerprint density at radius 2 is 1.14 bits per heavy atom. The number of rotatable bonds is 6. The number of ether oxygens (including phenoxy) is 2. The van der Waals surface area contributed by atoms with E-state index in [4.69, 9.17) is 44.3 Å². The molecule has 3 aromatic rings. The van der Waals surface area contributed by atoms with Gasteiger partial charge in [0.05, 0.1) is 30.9 Å². The summed E-state index contributed by atoms with van der Waals surface area (Å²) in [6.45, 7) is -0.208. The van der Waals surface area contributed by atoms with E-state index in [1.807, 2.05) is 0 Å². The van der Waals surface area contributed by atoms with Crippen LogP contribution in [0.25, 0.3) is 0 Å². The smallest absolute Gasteiger partial charge is 0.140 e. The van der Waals surface area contributed by atoms with Crippen molar-refractivity contribution >= 4 is 34.8 Å². The van der Waals surface area contributed by atoms with Crippen LogP contribution in [-0.4, -0.2) is 24.4 Å². The zero-order valence-electron chi connectivity index (χ0n) is 15.7. The lowest BCUT2D eigenvalue weighted by atomic mass is 9.80. The molecule has 29 heavy (non-hydrogen) atoms. The highest BCUT2D eigenvalue weighted by molar-refractivity contribution is 6.32. The van der Waals surface area contributed by atoms with Gasteiger partial charge < -0.3 is 19.7 Å². The number of aliphatic hydroxyl groups excluding tert-OH is 1. The highest BCUT2D eigenvalue weighted by atomic mass is 35.5. The second-order valence-corrected chi connectivity index (χ2v) is 7.59. The summed E-state index contributed by atoms with van der Waals surface area (Å²) in [5.74, 6) is 0.971. The molecule has 4 nitrogen and oxygen atoms in total. The maximum absolute atomic E-state index is 12.0. The first-order valence-electron chi connectivity index (χ1n) is 8.65. The number of benzene rings is 3. The predicted octanol–water partition coefficient (Wildman–Crippen LogP) is 5.44. The van der Waals surface area contributed by atoms with Crippen molar-refractivity contribution in [2.45, 2.75) is 12.2 Å². The molecule has 0 aliphatic heterocycles. The molecule has 0 heterocycles. The molecule has 0 aliphatic carbocycles. The van der Waals surface area contributed by atoms with Gasteiger partial charge in [-0.2, -0.15) is 0 Å². The van der Waals surface area contributed by atoms with Crippen LogP contribution >= 0.6 is 34.8 Å². The Hall–Kier alpha value is -1.95. The summed E-state index contributed by atoms with van der Waals surface area (Å²) >= 11 is 19.0. The molecule has 0 saturated carbocycles. The maximum Gasteiger partial charge on any atom is 0.140 e. The Balaban J connectivity index is 2.27. The van der Waals surface area contributed by atoms with E-state index in [1.54, 1.807) is 54.6 Å². The largest absolute Gasteiger partial charge is 0.495 e. The van der Waals surface area contributed by atoms with Crippen molar-refractivity contribution in [1.82, 2.24) is 0 Å². The minimum absolute atomic E-state index is 0.208. The van der Waals surface area contributed by atoms with Gasteiger partial charge in [-0.15, -0.1) is 0 Å². The predicted molar refractivity (Wildman–Crippen MR) is 115 cm³/mol. The van der Waals surface area contributed by atoms with Gasteiger partial charge in [0.2, 0.25) is 0 Å². The van der Waals surface area contributed by atoms with Crippen molar-refractivity contribution in [3.8, 4) is 11.5 Å². The molecule has 0 atom stereocenters. The minimum atomic E-state index is -1.62. The molecular formula is C22H19Cl3O4. The monoisotopic (exact) mass is 452 g/mol. The van der Waals surface area contributed by atoms with Crippen LogP contribution in [-0.2, 0) is 12.2 Å². The second-order valence-electron chi connectivity index (χ2n) is 6.37. The topological polar surface area (TPSA) is 58.9 Å². The van der Waals surface area contributed by atoms with E-state index in [-0.39, 0.29) is 6.61 Å². The van der Waals surface area contributed by atoms with Crippen LogP contribution < -0.4 is 9.47 Å². The average molecular weight is 454 g/mol. The van der Waals surface area contributed by atoms with Crippen LogP contribution in [0.15, 0.2) is 54.6 Å². The SMILES string of the molecule is COc1ccc(C(O)(c2ccc(CO)c(Cl)c2)c2ccc(OC)c(Cl)c2)cc1Cl. The molecule has 0 radical (unpaired) electrons. The van der Waals surface area contributed by atoms with Crippen molar-refractivity contribution < 1.29 is 19.7 Å². The number of hydrogen-bond acceptors (Lipinski definition) is 4. The molecule has 0 fully saturated rings. The van der Waals surface area contributed by atoms with Gasteiger partial charge in [0.25, 0.3) is 0 Å². The second kappa shape index (κ2) is 8.82. The van der Waals surface area contributed by atoms with E-state index in [0.29, 0.717) is 48.8 Å². The van der Waals surface area contributed by atoms with Crippen molar-refractivity contribution in [1.29, 1.82) is 0 Å². The van der Waals surface area contributed by atoms with Gasteiger partial charge in [-0.3, -0.25) is 0 Å². The lowest BCUT2D eigenvalue weighted by Crippen LogP contribution is -2.29. The van der Waals surface area contributed by atoms with Gasteiger partial charge >= 0.3 is 0 Å². The third-order valence-electron chi connectivity index (χ3n) is 4.78. The number of hydrogen-bond donors (Lipinski definition) is 2. The normalized spacial score (nSPS) is 11.4. The first-order chi connectivity index (χ1) is 13.8. The van der Waals surface area contributed by atoms with E-state index in [9.17, 15) is 10.2 Å². The first-order valence-corrected chi connectivity index (χ1v) is 9.78. The molecule has 0 bridgehead atoms. The van der Waals surface area contributed by atoms with Crippen molar-refractivity contribution in [2.24, 2.45) is 0 Å². The fourth-order valence-corrected chi connectivity index (χ4v) is 3.94. The molecular weight excluding hydrogens is 435 g/mol. The number of methoxy groups -OCH3 is 2. The lowest BCUT2D eigenvalue weighted by molar-refractivity contribution is 0.125. The van der Waals surface area contributed by atoms with Gasteiger partial charge in [-0.05, 0) is 52.6 Å². The molecule has 0 aliphatic rings. The average Bonchev–Trinajstić information content (AvgIpc) is 2.72. The van der Waals surface area contributed by atoms with Crippen molar-refractivity contribution in [3.05, 3.63) is 91.9 Å². The molecule has 0 unspecified atom stereocenters. The third-order valence-corrected chi connectivity index (χ3v) is 5.72. The Bertz CT molecular complexity index is 907. The molecule has 3 aromatic carbocycles. The molecule has 152 valence electrons. The maximum atomic E-state index is 12.0. The summed E-state index contributed by atoms with van der Waals surface area (Å²) < 4.78 is 10.4. The van der Waals surface area contributed by atoms with Crippen LogP contribution in [0.1, 0.15) is 22.3 Å². The van der Waals surface area contributed by atoms with Crippen LogP contribution in [0.5, 0.6) is 11.5 Å². The molecule has 0 spiro atoms. The molecule has 3 rings (SSSR count). The molecule has 7 heteroatoms. The van der Waals surface area contributed by atoms with Crippen LogP contribution in [0.2, 0.25) is 15.1 Å². The lowest BCUT2D eigenvalue weighted by Gasteiger charge is -2.31. The number of halogens is 3. The zero-order chi connectivity index (χ0) is 21.2. The summed E-state index contributed by atoms with van der Waals surface area (Å²) in [5, 5.41) is 22.4. The molecule has 2 N–H and O–H groups in total. The van der Waals surface area contributed by atoms with Gasteiger partial charge in [0, 0.05) is 5.02 Å². The Kier molecular flexibility index (Phi) is 6.62. The van der Waals surface area contributed by atoms with E-state index in [1.165, 1.54) is 14.2 Å². The zero-order valence-corrected chi connectivity index (χ0v) is 18.0. The fourth-order valence-electron chi connectivity index (χ4n) is 3.18. The van der Waals surface area contributed by atoms with E-state index in [2.05, 4.69) is 0 Å². The first kappa shape index (κ1) is 21.8. The quantitative estimate of drug-likeness (QED) is 0.488. The molecule has 0 saturated heterocycles. The van der Waals surface area contributed by atoms with Gasteiger partial charge in [0.15, 0.2) is 0 Å². The minimum Gasteiger partial charge on any atom is -0.495 e. The summed E-state index contributed by atoms with van der Waals surface area (Å²) in [4.78, 5) is 0. The third kappa shape index (κ3) is 4.04. The molecule has 0 amide bonds. The van der Waals surface area contributed by atoms with Crippen LogP contribution in [0.3, 0.4) is 0 Å². The van der Waals surface area contributed by atoms with Crippen molar-refractivity contribution in [3.63, 3.8) is 0 Å². The van der Waals surface area contributed by atoms with Gasteiger partial charge in [0.1, 0.15) is 17.1 Å². The Morgan fingerprint density at radius 1 is 0.724 bits per heavy atom. The summed E-state index contributed by atoms with van der Waals surface area (Å²) in [6, 6.07) is 15.0. The summed E-state index contributed by atoms with van der Waals surface area (Å²) in [7, 11) is 3.04. The van der Waals surface area contributed by atoms with E-state index >= 15 is 0 Å². The summed E-state index contributed by atoms with van der Waals surface area (Å²) in [5.41, 5.74) is 0.416. The van der Waals surface area contributed by atoms with Gasteiger partial charge in [-0.1, -0.05) is 59.1 Å². The Morgan fingerprint density at radius 3 is 1.48 bits per heavy atom. The molecule has 0 aromatic heterocycles. The highest BCUT2D eigenvalue weighted by Gasteiger charge is 2.35. The van der Waals surface area contributed by atoms with Gasteiger partial charge in [-0.25, -0.2) is 0 Å². The summed E-state index contributed by atoms with van der Waals surface area (Å²) in [6.07, 6.45) is 0. The standard InChI is InChI=1S/C22H19Cl3O4/c1-28-20-7-5-15(10-18(20)24)22(27,14-4-3-13(12-26)17(23)9-14)16-6-8-21(29-2)19(25)11-16/h3-11,26-27H,12H2,1-2H3. The van der Waals surface area contributed by atoms with E-state index in [0.717, 1.165) is 0 Å².